The fourth-order valence-electron chi connectivity index (χ4n) is 4.02. The van der Waals surface area contributed by atoms with E-state index in [1.807, 2.05) is 6.92 Å². The lowest BCUT2D eigenvalue weighted by molar-refractivity contribution is -0.123. The zero-order valence-electron chi connectivity index (χ0n) is 17.1. The van der Waals surface area contributed by atoms with Gasteiger partial charge in [0.05, 0.1) is 25.8 Å². The molecule has 1 N–H and O–H groups in total. The molecule has 1 amide bonds. The van der Waals surface area contributed by atoms with E-state index in [0.29, 0.717) is 32.8 Å². The Hall–Kier alpha value is -1.71. The van der Waals surface area contributed by atoms with Crippen LogP contribution in [-0.4, -0.2) is 77.8 Å². The molecule has 28 heavy (non-hydrogen) atoms. The molecular weight excluding hydrogens is 362 g/mol. The third-order valence-electron chi connectivity index (χ3n) is 5.65. The number of carbonyl (C=O) groups is 1. The first-order valence-electron chi connectivity index (χ1n) is 10.4. The maximum Gasteiger partial charge on any atom is 0.345 e. The molecule has 1 atom stereocenters. The molecule has 158 valence electrons. The molecule has 2 fully saturated rings. The SMILES string of the molecule is CCn1c(C2CCN(CC(=O)NCC3CCCO3)CC2)nn(CCOC)c1=O. The van der Waals surface area contributed by atoms with E-state index in [2.05, 4.69) is 15.3 Å². The molecule has 3 heterocycles. The van der Waals surface area contributed by atoms with Gasteiger partial charge in [-0.05, 0) is 45.7 Å². The molecule has 1 aromatic heterocycles. The maximum absolute atomic E-state index is 12.5. The van der Waals surface area contributed by atoms with Crippen molar-refractivity contribution >= 4 is 5.91 Å². The minimum absolute atomic E-state index is 0.0586. The van der Waals surface area contributed by atoms with Gasteiger partial charge in [0.25, 0.3) is 0 Å². The summed E-state index contributed by atoms with van der Waals surface area (Å²) in [5, 5.41) is 7.56. The summed E-state index contributed by atoms with van der Waals surface area (Å²) in [5.74, 6) is 1.18. The van der Waals surface area contributed by atoms with E-state index in [9.17, 15) is 9.59 Å². The van der Waals surface area contributed by atoms with Crippen LogP contribution in [-0.2, 0) is 27.4 Å². The van der Waals surface area contributed by atoms with Crippen molar-refractivity contribution in [2.75, 3.05) is 46.5 Å². The number of rotatable bonds is 9. The smallest absolute Gasteiger partial charge is 0.345 e. The molecule has 0 saturated carbocycles. The molecule has 2 aliphatic rings. The second kappa shape index (κ2) is 10.2. The first kappa shape index (κ1) is 21.0. The number of methoxy groups -OCH3 is 1. The van der Waals surface area contributed by atoms with Gasteiger partial charge in [-0.25, -0.2) is 9.48 Å². The molecule has 0 radical (unpaired) electrons. The Balaban J connectivity index is 1.49. The Kier molecular flexibility index (Phi) is 7.64. The zero-order valence-corrected chi connectivity index (χ0v) is 17.1. The second-order valence-electron chi connectivity index (χ2n) is 7.59. The van der Waals surface area contributed by atoms with Crippen LogP contribution in [0.3, 0.4) is 0 Å². The van der Waals surface area contributed by atoms with Crippen LogP contribution in [0.5, 0.6) is 0 Å². The quantitative estimate of drug-likeness (QED) is 0.642. The molecule has 2 saturated heterocycles. The fraction of sp³-hybridized carbons (Fsp3) is 0.842. The Morgan fingerprint density at radius 1 is 1.32 bits per heavy atom. The van der Waals surface area contributed by atoms with E-state index in [-0.39, 0.29) is 23.6 Å². The summed E-state index contributed by atoms with van der Waals surface area (Å²) in [5.41, 5.74) is -0.0644. The van der Waals surface area contributed by atoms with Crippen molar-refractivity contribution in [2.24, 2.45) is 0 Å². The Morgan fingerprint density at radius 3 is 2.75 bits per heavy atom. The number of aromatic nitrogens is 3. The van der Waals surface area contributed by atoms with Gasteiger partial charge in [0.15, 0.2) is 0 Å². The molecule has 0 aromatic carbocycles. The lowest BCUT2D eigenvalue weighted by Crippen LogP contribution is -2.43. The number of amides is 1. The van der Waals surface area contributed by atoms with E-state index < -0.39 is 0 Å². The normalized spacial score (nSPS) is 21.3. The summed E-state index contributed by atoms with van der Waals surface area (Å²) in [7, 11) is 1.62. The van der Waals surface area contributed by atoms with Gasteiger partial charge in [0, 0.05) is 32.7 Å². The molecule has 0 aliphatic carbocycles. The van der Waals surface area contributed by atoms with Crippen LogP contribution in [0, 0.1) is 0 Å². The minimum atomic E-state index is -0.0644. The van der Waals surface area contributed by atoms with Crippen molar-refractivity contribution in [3.63, 3.8) is 0 Å². The van der Waals surface area contributed by atoms with Crippen LogP contribution in [0.25, 0.3) is 0 Å². The average Bonchev–Trinajstić information content (AvgIpc) is 3.33. The highest BCUT2D eigenvalue weighted by Gasteiger charge is 2.27. The van der Waals surface area contributed by atoms with Gasteiger partial charge in [0.1, 0.15) is 5.82 Å². The Morgan fingerprint density at radius 2 is 2.11 bits per heavy atom. The first-order chi connectivity index (χ1) is 13.6. The molecule has 1 aromatic rings. The Labute approximate surface area is 166 Å². The Bertz CT molecular complexity index is 687. The summed E-state index contributed by atoms with van der Waals surface area (Å²) in [4.78, 5) is 26.9. The van der Waals surface area contributed by atoms with Crippen LogP contribution in [0.2, 0.25) is 0 Å². The predicted octanol–water partition coefficient (Wildman–Crippen LogP) is 0.186. The summed E-state index contributed by atoms with van der Waals surface area (Å²) >= 11 is 0. The first-order valence-corrected chi connectivity index (χ1v) is 10.4. The third-order valence-corrected chi connectivity index (χ3v) is 5.65. The van der Waals surface area contributed by atoms with Crippen LogP contribution in [0.1, 0.15) is 44.3 Å². The molecular formula is C19H33N5O4. The average molecular weight is 396 g/mol. The number of ether oxygens (including phenoxy) is 2. The van der Waals surface area contributed by atoms with Crippen LogP contribution >= 0.6 is 0 Å². The number of carbonyl (C=O) groups excluding carboxylic acids is 1. The minimum Gasteiger partial charge on any atom is -0.383 e. The van der Waals surface area contributed by atoms with Gasteiger partial charge in [0.2, 0.25) is 5.91 Å². The summed E-state index contributed by atoms with van der Waals surface area (Å²) in [6.45, 7) is 7.03. The molecule has 0 spiro atoms. The highest BCUT2D eigenvalue weighted by molar-refractivity contribution is 5.78. The van der Waals surface area contributed by atoms with Gasteiger partial charge in [-0.3, -0.25) is 14.3 Å². The molecule has 3 rings (SSSR count). The number of likely N-dealkylation sites (tertiary alicyclic amines) is 1. The summed E-state index contributed by atoms with van der Waals surface area (Å²) < 4.78 is 13.9. The standard InChI is InChI=1S/C19H33N5O4/c1-3-23-18(21-24(19(23)26)10-12-27-2)15-6-8-22(9-7-15)14-17(25)20-13-16-5-4-11-28-16/h15-16H,3-14H2,1-2H3,(H,20,25). The van der Waals surface area contributed by atoms with Crippen molar-refractivity contribution in [1.29, 1.82) is 0 Å². The largest absolute Gasteiger partial charge is 0.383 e. The number of hydrogen-bond acceptors (Lipinski definition) is 6. The number of nitrogens with zero attached hydrogens (tertiary/aromatic N) is 4. The molecule has 2 aliphatic heterocycles. The van der Waals surface area contributed by atoms with Crippen LogP contribution in [0.4, 0.5) is 0 Å². The van der Waals surface area contributed by atoms with Crippen molar-refractivity contribution in [2.45, 2.75) is 57.7 Å². The highest BCUT2D eigenvalue weighted by atomic mass is 16.5. The van der Waals surface area contributed by atoms with Gasteiger partial charge in [-0.2, -0.15) is 5.10 Å². The van der Waals surface area contributed by atoms with E-state index in [1.54, 1.807) is 11.7 Å². The van der Waals surface area contributed by atoms with Crippen molar-refractivity contribution in [3.8, 4) is 0 Å². The van der Waals surface area contributed by atoms with Crippen molar-refractivity contribution < 1.29 is 14.3 Å². The van der Waals surface area contributed by atoms with Gasteiger partial charge >= 0.3 is 5.69 Å². The predicted molar refractivity (Wildman–Crippen MR) is 104 cm³/mol. The highest BCUT2D eigenvalue weighted by Crippen LogP contribution is 2.26. The van der Waals surface area contributed by atoms with E-state index >= 15 is 0 Å². The summed E-state index contributed by atoms with van der Waals surface area (Å²) in [6, 6.07) is 0. The van der Waals surface area contributed by atoms with Gasteiger partial charge < -0.3 is 14.8 Å². The topological polar surface area (TPSA) is 90.6 Å². The lowest BCUT2D eigenvalue weighted by Gasteiger charge is -2.31. The number of hydrogen-bond donors (Lipinski definition) is 1. The van der Waals surface area contributed by atoms with Gasteiger partial charge in [-0.15, -0.1) is 0 Å². The van der Waals surface area contributed by atoms with Crippen molar-refractivity contribution in [3.05, 3.63) is 16.3 Å². The molecule has 0 bridgehead atoms. The van der Waals surface area contributed by atoms with E-state index in [0.717, 1.165) is 51.2 Å². The maximum atomic E-state index is 12.5. The second-order valence-corrected chi connectivity index (χ2v) is 7.59. The third kappa shape index (κ3) is 5.21. The monoisotopic (exact) mass is 395 g/mol. The molecule has 9 heteroatoms. The van der Waals surface area contributed by atoms with E-state index in [4.69, 9.17) is 9.47 Å². The zero-order chi connectivity index (χ0) is 19.9. The number of piperidine rings is 1. The van der Waals surface area contributed by atoms with Gasteiger partial charge in [-0.1, -0.05) is 0 Å². The number of nitrogens with one attached hydrogen (secondary N) is 1. The molecule has 9 nitrogen and oxygen atoms in total. The molecule has 1 unspecified atom stereocenters. The lowest BCUT2D eigenvalue weighted by atomic mass is 9.96. The van der Waals surface area contributed by atoms with Crippen LogP contribution < -0.4 is 11.0 Å². The fourth-order valence-corrected chi connectivity index (χ4v) is 4.02. The van der Waals surface area contributed by atoms with Crippen LogP contribution in [0.15, 0.2) is 4.79 Å². The summed E-state index contributed by atoms with van der Waals surface area (Å²) in [6.07, 6.45) is 4.09. The van der Waals surface area contributed by atoms with E-state index in [1.165, 1.54) is 4.68 Å². The van der Waals surface area contributed by atoms with Crippen molar-refractivity contribution in [1.82, 2.24) is 24.6 Å².